The highest BCUT2D eigenvalue weighted by molar-refractivity contribution is 6.31. The number of benzene rings is 1. The predicted octanol–water partition coefficient (Wildman–Crippen LogP) is 1.78. The smallest absolute Gasteiger partial charge is 0.328 e. The lowest BCUT2D eigenvalue weighted by molar-refractivity contribution is -0.144. The first-order valence-electron chi connectivity index (χ1n) is 5.25. The molecule has 0 fully saturated rings. The van der Waals surface area contributed by atoms with Gasteiger partial charge in [0, 0.05) is 11.4 Å². The lowest BCUT2D eigenvalue weighted by Gasteiger charge is -2.16. The third kappa shape index (κ3) is 4.20. The van der Waals surface area contributed by atoms with E-state index in [9.17, 15) is 9.59 Å². The molecule has 0 heterocycles. The first-order valence-corrected chi connectivity index (χ1v) is 6.16. The van der Waals surface area contributed by atoms with Crippen LogP contribution in [0.25, 0.3) is 0 Å². The molecule has 0 bridgehead atoms. The zero-order valence-corrected chi connectivity index (χ0v) is 11.3. The van der Waals surface area contributed by atoms with Gasteiger partial charge in [-0.15, -0.1) is 11.6 Å². The van der Waals surface area contributed by atoms with Crippen molar-refractivity contribution < 1.29 is 14.3 Å². The largest absolute Gasteiger partial charge is 0.467 e. The molecule has 1 aromatic carbocycles. The van der Waals surface area contributed by atoms with Crippen LogP contribution in [0, 0.1) is 0 Å². The Labute approximate surface area is 115 Å². The summed E-state index contributed by atoms with van der Waals surface area (Å²) in [6.07, 6.45) is 0.259. The summed E-state index contributed by atoms with van der Waals surface area (Å²) in [5, 5.41) is 3.02. The highest BCUT2D eigenvalue weighted by Crippen LogP contribution is 2.17. The molecule has 0 saturated carbocycles. The first-order chi connectivity index (χ1) is 8.58. The van der Waals surface area contributed by atoms with Gasteiger partial charge < -0.3 is 10.1 Å². The number of carbonyl (C=O) groups excluding carboxylic acids is 2. The number of alkyl halides is 1. The summed E-state index contributed by atoms with van der Waals surface area (Å²) >= 11 is 11.4. The zero-order chi connectivity index (χ0) is 13.5. The fourth-order valence-electron chi connectivity index (χ4n) is 1.45. The van der Waals surface area contributed by atoms with Crippen molar-refractivity contribution >= 4 is 35.1 Å². The minimum Gasteiger partial charge on any atom is -0.467 e. The molecule has 1 atom stereocenters. The highest BCUT2D eigenvalue weighted by atomic mass is 35.5. The summed E-state index contributed by atoms with van der Waals surface area (Å²) in [5.74, 6) is -1.18. The molecule has 18 heavy (non-hydrogen) atoms. The minimum atomic E-state index is -0.791. The number of ether oxygens (including phenoxy) is 1. The Kier molecular flexibility index (Phi) is 5.95. The van der Waals surface area contributed by atoms with Crippen LogP contribution in [0.15, 0.2) is 24.3 Å². The zero-order valence-electron chi connectivity index (χ0n) is 9.78. The van der Waals surface area contributed by atoms with E-state index in [1.807, 2.05) is 0 Å². The van der Waals surface area contributed by atoms with Crippen molar-refractivity contribution in [3.63, 3.8) is 0 Å². The number of halogens is 2. The molecule has 0 aliphatic carbocycles. The molecule has 4 nitrogen and oxygen atoms in total. The van der Waals surface area contributed by atoms with Crippen molar-refractivity contribution in [1.29, 1.82) is 0 Å². The summed E-state index contributed by atoms with van der Waals surface area (Å²) < 4.78 is 4.63. The van der Waals surface area contributed by atoms with Crippen molar-refractivity contribution in [2.24, 2.45) is 0 Å². The van der Waals surface area contributed by atoms with Crippen molar-refractivity contribution in [3.8, 4) is 0 Å². The van der Waals surface area contributed by atoms with E-state index in [0.717, 1.165) is 5.56 Å². The van der Waals surface area contributed by atoms with E-state index in [0.29, 0.717) is 5.02 Å². The lowest BCUT2D eigenvalue weighted by atomic mass is 10.1. The van der Waals surface area contributed by atoms with Crippen molar-refractivity contribution in [2.75, 3.05) is 13.0 Å². The first kappa shape index (κ1) is 14.8. The highest BCUT2D eigenvalue weighted by Gasteiger charge is 2.22. The fraction of sp³-hybridized carbons (Fsp3) is 0.333. The van der Waals surface area contributed by atoms with Crippen LogP contribution in [0.1, 0.15) is 5.56 Å². The molecule has 1 amide bonds. The van der Waals surface area contributed by atoms with E-state index in [4.69, 9.17) is 23.2 Å². The molecule has 0 aliphatic heterocycles. The molecule has 6 heteroatoms. The Balaban J connectivity index is 2.82. The van der Waals surface area contributed by atoms with E-state index in [1.54, 1.807) is 24.3 Å². The van der Waals surface area contributed by atoms with Gasteiger partial charge in [-0.2, -0.15) is 0 Å². The molecular weight excluding hydrogens is 277 g/mol. The molecule has 98 valence electrons. The van der Waals surface area contributed by atoms with Crippen LogP contribution in [-0.4, -0.2) is 30.9 Å². The number of amides is 1. The second kappa shape index (κ2) is 7.24. The van der Waals surface area contributed by atoms with E-state index in [1.165, 1.54) is 7.11 Å². The summed E-state index contributed by atoms with van der Waals surface area (Å²) in [5.41, 5.74) is 0.754. The average Bonchev–Trinajstić information content (AvgIpc) is 2.39. The minimum absolute atomic E-state index is 0.212. The number of nitrogens with one attached hydrogen (secondary N) is 1. The van der Waals surface area contributed by atoms with Gasteiger partial charge >= 0.3 is 5.97 Å². The molecule has 0 aliphatic rings. The van der Waals surface area contributed by atoms with Gasteiger partial charge in [0.05, 0.1) is 7.11 Å². The summed E-state index contributed by atoms with van der Waals surface area (Å²) in [6, 6.07) is 6.30. The fourth-order valence-corrected chi connectivity index (χ4v) is 1.74. The predicted molar refractivity (Wildman–Crippen MR) is 69.8 cm³/mol. The maximum Gasteiger partial charge on any atom is 0.328 e. The molecule has 0 spiro atoms. The quantitative estimate of drug-likeness (QED) is 0.664. The third-order valence-corrected chi connectivity index (χ3v) is 2.94. The van der Waals surface area contributed by atoms with Gasteiger partial charge in [-0.25, -0.2) is 4.79 Å². The Morgan fingerprint density at radius 1 is 1.39 bits per heavy atom. The number of hydrogen-bond acceptors (Lipinski definition) is 3. The van der Waals surface area contributed by atoms with Crippen molar-refractivity contribution in [2.45, 2.75) is 12.5 Å². The Bertz CT molecular complexity index is 437. The molecular formula is C12H13Cl2NO3. The number of rotatable bonds is 5. The van der Waals surface area contributed by atoms with E-state index in [2.05, 4.69) is 10.1 Å². The van der Waals surface area contributed by atoms with Crippen LogP contribution in [-0.2, 0) is 20.7 Å². The van der Waals surface area contributed by atoms with E-state index < -0.39 is 17.9 Å². The Morgan fingerprint density at radius 2 is 2.06 bits per heavy atom. The maximum atomic E-state index is 11.6. The SMILES string of the molecule is COC(=O)[C@@H](Cc1ccccc1Cl)NC(=O)CCl. The number of esters is 1. The second-order valence-electron chi connectivity index (χ2n) is 3.57. The molecule has 0 saturated heterocycles. The van der Waals surface area contributed by atoms with Gasteiger partial charge in [0.25, 0.3) is 0 Å². The summed E-state index contributed by atoms with van der Waals surface area (Å²) in [6.45, 7) is 0. The van der Waals surface area contributed by atoms with Crippen molar-refractivity contribution in [3.05, 3.63) is 34.9 Å². The average molecular weight is 290 g/mol. The van der Waals surface area contributed by atoms with Gasteiger partial charge in [0.1, 0.15) is 11.9 Å². The maximum absolute atomic E-state index is 11.6. The monoisotopic (exact) mass is 289 g/mol. The Hall–Kier alpha value is -1.26. The summed E-state index contributed by atoms with van der Waals surface area (Å²) in [4.78, 5) is 22.8. The van der Waals surface area contributed by atoms with Crippen LogP contribution in [0.2, 0.25) is 5.02 Å². The van der Waals surface area contributed by atoms with Gasteiger partial charge in [-0.3, -0.25) is 4.79 Å². The number of carbonyl (C=O) groups is 2. The Morgan fingerprint density at radius 3 is 2.61 bits per heavy atom. The van der Waals surface area contributed by atoms with Crippen LogP contribution >= 0.6 is 23.2 Å². The lowest BCUT2D eigenvalue weighted by Crippen LogP contribution is -2.43. The number of hydrogen-bond donors (Lipinski definition) is 1. The van der Waals surface area contributed by atoms with Crippen LogP contribution in [0.4, 0.5) is 0 Å². The standard InChI is InChI=1S/C12H13Cl2NO3/c1-18-12(17)10(15-11(16)7-13)6-8-4-2-3-5-9(8)14/h2-5,10H,6-7H2,1H3,(H,15,16)/t10-/m1/s1. The summed E-state index contributed by atoms with van der Waals surface area (Å²) in [7, 11) is 1.26. The van der Waals surface area contributed by atoms with Gasteiger partial charge in [-0.05, 0) is 11.6 Å². The van der Waals surface area contributed by atoms with E-state index in [-0.39, 0.29) is 12.3 Å². The van der Waals surface area contributed by atoms with Crippen LogP contribution in [0.5, 0.6) is 0 Å². The molecule has 0 radical (unpaired) electrons. The normalized spacial score (nSPS) is 11.7. The topological polar surface area (TPSA) is 55.4 Å². The van der Waals surface area contributed by atoms with Crippen LogP contribution < -0.4 is 5.32 Å². The van der Waals surface area contributed by atoms with Gasteiger partial charge in [0.2, 0.25) is 5.91 Å². The van der Waals surface area contributed by atoms with Crippen LogP contribution in [0.3, 0.4) is 0 Å². The van der Waals surface area contributed by atoms with Crippen molar-refractivity contribution in [1.82, 2.24) is 5.32 Å². The molecule has 1 aromatic rings. The third-order valence-electron chi connectivity index (χ3n) is 2.32. The second-order valence-corrected chi connectivity index (χ2v) is 4.25. The molecule has 0 unspecified atom stereocenters. The molecule has 1 rings (SSSR count). The van der Waals surface area contributed by atoms with Gasteiger partial charge in [-0.1, -0.05) is 29.8 Å². The van der Waals surface area contributed by atoms with E-state index >= 15 is 0 Å². The molecule has 0 aromatic heterocycles. The molecule has 1 N–H and O–H groups in total. The van der Waals surface area contributed by atoms with Gasteiger partial charge in [0.15, 0.2) is 0 Å². The number of methoxy groups -OCH3 is 1.